The molecule has 1 unspecified atom stereocenters. The van der Waals surface area contributed by atoms with Gasteiger partial charge in [0.05, 0.1) is 7.11 Å². The van der Waals surface area contributed by atoms with E-state index in [0.29, 0.717) is 12.0 Å². The smallest absolute Gasteiger partial charge is 0.328 e. The Morgan fingerprint density at radius 1 is 1.09 bits per heavy atom. The number of benzene rings is 2. The minimum atomic E-state index is -0.663. The van der Waals surface area contributed by atoms with Gasteiger partial charge in [0.25, 0.3) is 5.91 Å². The molecule has 1 aliphatic rings. The lowest BCUT2D eigenvalue weighted by Crippen LogP contribution is -2.42. The fourth-order valence-corrected chi connectivity index (χ4v) is 5.82. The fourth-order valence-electron chi connectivity index (χ4n) is 4.54. The van der Waals surface area contributed by atoms with E-state index in [0.717, 1.165) is 46.2 Å². The number of rotatable bonds is 12. The number of thioether (sulfide) groups is 1. The van der Waals surface area contributed by atoms with Crippen molar-refractivity contribution in [1.29, 1.82) is 0 Å². The predicted octanol–water partition coefficient (Wildman–Crippen LogP) is 6.00. The standard InChI is InChI=1S/C28H38N2O3S2/c1-20-9-7-8-12-23(20)25-17-22(19-35-29-18-21-10-5-4-6-11-21)13-14-24(25)27(31)30-26(15-16-34-3)28(32)33-2/h7-9,12-14,17,21,26,29H,4-6,10-11,15-16,18-19H2,1-3H3,(H,30,31). The van der Waals surface area contributed by atoms with Crippen LogP contribution >= 0.6 is 23.7 Å². The monoisotopic (exact) mass is 514 g/mol. The lowest BCUT2D eigenvalue weighted by molar-refractivity contribution is -0.142. The molecule has 0 spiro atoms. The number of carbonyl (C=O) groups excluding carboxylic acids is 2. The van der Waals surface area contributed by atoms with Gasteiger partial charge in [-0.05, 0) is 78.5 Å². The van der Waals surface area contributed by atoms with Crippen molar-refractivity contribution in [2.45, 2.75) is 57.2 Å². The summed E-state index contributed by atoms with van der Waals surface area (Å²) in [5, 5.41) is 2.91. The minimum absolute atomic E-state index is 0.255. The van der Waals surface area contributed by atoms with Crippen molar-refractivity contribution >= 4 is 35.6 Å². The van der Waals surface area contributed by atoms with E-state index < -0.39 is 12.0 Å². The first-order valence-electron chi connectivity index (χ1n) is 12.4. The summed E-state index contributed by atoms with van der Waals surface area (Å²) in [4.78, 5) is 25.6. The quantitative estimate of drug-likeness (QED) is 0.206. The molecule has 1 atom stereocenters. The molecular weight excluding hydrogens is 476 g/mol. The summed E-state index contributed by atoms with van der Waals surface area (Å²) in [7, 11) is 1.36. The Morgan fingerprint density at radius 3 is 2.57 bits per heavy atom. The molecule has 0 heterocycles. The molecule has 0 bridgehead atoms. The Kier molecular flexibility index (Phi) is 11.5. The number of methoxy groups -OCH3 is 1. The Bertz CT molecular complexity index is 976. The summed E-state index contributed by atoms with van der Waals surface area (Å²) in [5.74, 6) is 1.70. The first kappa shape index (κ1) is 27.6. The van der Waals surface area contributed by atoms with Gasteiger partial charge in [0.15, 0.2) is 0 Å². The van der Waals surface area contributed by atoms with Crippen molar-refractivity contribution in [1.82, 2.24) is 10.0 Å². The van der Waals surface area contributed by atoms with Crippen LogP contribution in [0.2, 0.25) is 0 Å². The highest BCUT2D eigenvalue weighted by Crippen LogP contribution is 2.30. The van der Waals surface area contributed by atoms with E-state index in [9.17, 15) is 9.59 Å². The highest BCUT2D eigenvalue weighted by molar-refractivity contribution is 7.98. The number of aryl methyl sites for hydroxylation is 1. The molecule has 5 nitrogen and oxygen atoms in total. The van der Waals surface area contributed by atoms with Gasteiger partial charge in [-0.1, -0.05) is 61.5 Å². The number of esters is 1. The van der Waals surface area contributed by atoms with Gasteiger partial charge in [-0.3, -0.25) is 9.52 Å². The molecule has 2 N–H and O–H groups in total. The molecule has 0 radical (unpaired) electrons. The molecule has 1 amide bonds. The Balaban J connectivity index is 1.76. The van der Waals surface area contributed by atoms with Crippen molar-refractivity contribution in [2.75, 3.05) is 25.7 Å². The van der Waals surface area contributed by atoms with Crippen LogP contribution < -0.4 is 10.0 Å². The van der Waals surface area contributed by atoms with Gasteiger partial charge in [0.2, 0.25) is 0 Å². The zero-order chi connectivity index (χ0) is 25.0. The van der Waals surface area contributed by atoms with Crippen LogP contribution in [-0.4, -0.2) is 43.6 Å². The molecule has 0 saturated heterocycles. The highest BCUT2D eigenvalue weighted by atomic mass is 32.2. The molecule has 35 heavy (non-hydrogen) atoms. The Hall–Kier alpha value is -1.96. The molecule has 190 valence electrons. The van der Waals surface area contributed by atoms with Crippen LogP contribution in [0.5, 0.6) is 0 Å². The first-order chi connectivity index (χ1) is 17.0. The zero-order valence-electron chi connectivity index (χ0n) is 21.1. The van der Waals surface area contributed by atoms with Crippen LogP contribution in [0.15, 0.2) is 42.5 Å². The third-order valence-corrected chi connectivity index (χ3v) is 8.10. The van der Waals surface area contributed by atoms with Crippen molar-refractivity contribution in [3.8, 4) is 11.1 Å². The van der Waals surface area contributed by atoms with Crippen LogP contribution in [0.1, 0.15) is 60.0 Å². The van der Waals surface area contributed by atoms with E-state index in [2.05, 4.69) is 29.1 Å². The summed E-state index contributed by atoms with van der Waals surface area (Å²) in [6, 6.07) is 13.4. The lowest BCUT2D eigenvalue weighted by atomic mass is 9.90. The third kappa shape index (κ3) is 8.29. The van der Waals surface area contributed by atoms with Crippen molar-refractivity contribution in [2.24, 2.45) is 5.92 Å². The van der Waals surface area contributed by atoms with E-state index in [4.69, 9.17) is 4.74 Å². The molecule has 7 heteroatoms. The molecule has 0 aromatic heterocycles. The largest absolute Gasteiger partial charge is 0.467 e. The number of nitrogens with one attached hydrogen (secondary N) is 2. The van der Waals surface area contributed by atoms with Crippen molar-refractivity contribution < 1.29 is 14.3 Å². The molecule has 1 aliphatic carbocycles. The van der Waals surface area contributed by atoms with Crippen molar-refractivity contribution in [3.05, 3.63) is 59.2 Å². The third-order valence-electron chi connectivity index (χ3n) is 6.60. The maximum atomic E-state index is 13.3. The second-order valence-electron chi connectivity index (χ2n) is 9.17. The van der Waals surface area contributed by atoms with E-state index in [1.807, 2.05) is 36.6 Å². The van der Waals surface area contributed by atoms with Gasteiger partial charge < -0.3 is 10.1 Å². The summed E-state index contributed by atoms with van der Waals surface area (Å²) >= 11 is 3.37. The highest BCUT2D eigenvalue weighted by Gasteiger charge is 2.24. The predicted molar refractivity (Wildman–Crippen MR) is 149 cm³/mol. The maximum Gasteiger partial charge on any atom is 0.328 e. The second kappa shape index (κ2) is 14.6. The normalized spacial score (nSPS) is 14.9. The van der Waals surface area contributed by atoms with Gasteiger partial charge in [-0.25, -0.2) is 4.79 Å². The zero-order valence-corrected chi connectivity index (χ0v) is 22.7. The van der Waals surface area contributed by atoms with Crippen LogP contribution in [0, 0.1) is 12.8 Å². The van der Waals surface area contributed by atoms with Gasteiger partial charge in [0.1, 0.15) is 6.04 Å². The number of hydrogen-bond acceptors (Lipinski definition) is 6. The average Bonchev–Trinajstić information content (AvgIpc) is 2.89. The number of hydrogen-bond donors (Lipinski definition) is 2. The molecular formula is C28H38N2O3S2. The van der Waals surface area contributed by atoms with E-state index in [1.54, 1.807) is 23.7 Å². The number of amides is 1. The molecule has 3 rings (SSSR count). The summed E-state index contributed by atoms with van der Waals surface area (Å²) in [5.41, 5.74) is 4.75. The Morgan fingerprint density at radius 2 is 1.86 bits per heavy atom. The molecule has 1 saturated carbocycles. The van der Waals surface area contributed by atoms with E-state index >= 15 is 0 Å². The minimum Gasteiger partial charge on any atom is -0.467 e. The Labute approximate surface area is 218 Å². The molecule has 2 aromatic rings. The number of carbonyl (C=O) groups is 2. The summed E-state index contributed by atoms with van der Waals surface area (Å²) < 4.78 is 8.49. The van der Waals surface area contributed by atoms with E-state index in [1.165, 1.54) is 39.2 Å². The van der Waals surface area contributed by atoms with Crippen LogP contribution in [0.3, 0.4) is 0 Å². The molecule has 2 aromatic carbocycles. The molecule has 0 aliphatic heterocycles. The van der Waals surface area contributed by atoms with Gasteiger partial charge >= 0.3 is 5.97 Å². The van der Waals surface area contributed by atoms with E-state index in [-0.39, 0.29) is 5.91 Å². The van der Waals surface area contributed by atoms with Crippen molar-refractivity contribution in [3.63, 3.8) is 0 Å². The van der Waals surface area contributed by atoms with Crippen LogP contribution in [-0.2, 0) is 15.3 Å². The number of ether oxygens (including phenoxy) is 1. The van der Waals surface area contributed by atoms with Gasteiger partial charge in [0, 0.05) is 17.9 Å². The lowest BCUT2D eigenvalue weighted by Gasteiger charge is -2.21. The topological polar surface area (TPSA) is 67.4 Å². The SMILES string of the molecule is COC(=O)C(CCSC)NC(=O)c1ccc(CSNCC2CCCCC2)cc1-c1ccccc1C. The second-order valence-corrected chi connectivity index (χ2v) is 11.0. The summed E-state index contributed by atoms with van der Waals surface area (Å²) in [6.07, 6.45) is 9.26. The van der Waals surface area contributed by atoms with Gasteiger partial charge in [-0.2, -0.15) is 11.8 Å². The maximum absolute atomic E-state index is 13.3. The van der Waals surface area contributed by atoms with Crippen LogP contribution in [0.4, 0.5) is 0 Å². The summed E-state index contributed by atoms with van der Waals surface area (Å²) in [6.45, 7) is 3.11. The van der Waals surface area contributed by atoms with Crippen LogP contribution in [0.25, 0.3) is 11.1 Å². The average molecular weight is 515 g/mol. The fraction of sp³-hybridized carbons (Fsp3) is 0.500. The first-order valence-corrected chi connectivity index (χ1v) is 14.8. The molecule has 1 fully saturated rings. The van der Waals surface area contributed by atoms with Gasteiger partial charge in [-0.15, -0.1) is 0 Å².